The van der Waals surface area contributed by atoms with Crippen LogP contribution in [0, 0.1) is 0 Å². The van der Waals surface area contributed by atoms with Crippen LogP contribution in [0.5, 0.6) is 0 Å². The van der Waals surface area contributed by atoms with Crippen molar-refractivity contribution in [3.63, 3.8) is 0 Å². The van der Waals surface area contributed by atoms with Crippen LogP contribution in [0.2, 0.25) is 10.0 Å². The lowest BCUT2D eigenvalue weighted by Gasteiger charge is -2.17. The van der Waals surface area contributed by atoms with Gasteiger partial charge < -0.3 is 0 Å². The third-order valence-corrected chi connectivity index (χ3v) is 4.82. The van der Waals surface area contributed by atoms with Crippen LogP contribution in [0.15, 0.2) is 30.3 Å². The molecule has 0 saturated heterocycles. The molecular weight excluding hydrogens is 299 g/mol. The van der Waals surface area contributed by atoms with Gasteiger partial charge in [0.05, 0.1) is 6.04 Å². The van der Waals surface area contributed by atoms with Gasteiger partial charge in [-0.05, 0) is 36.2 Å². The van der Waals surface area contributed by atoms with Gasteiger partial charge in [-0.25, -0.2) is 0 Å². The molecule has 2 rings (SSSR count). The Hall–Kier alpha value is -0.580. The maximum Gasteiger partial charge on any atom is 0.0522 e. The third kappa shape index (κ3) is 3.71. The van der Waals surface area contributed by atoms with Crippen LogP contribution in [-0.4, -0.2) is 0 Å². The first-order chi connectivity index (χ1) is 9.13. The Morgan fingerprint density at radius 3 is 2.53 bits per heavy atom. The number of nitrogens with two attached hydrogens (primary N) is 1. The van der Waals surface area contributed by atoms with Gasteiger partial charge in [-0.15, -0.1) is 11.3 Å². The molecule has 1 aromatic carbocycles. The summed E-state index contributed by atoms with van der Waals surface area (Å²) in [4.78, 5) is 2.68. The van der Waals surface area contributed by atoms with E-state index in [-0.39, 0.29) is 6.04 Å². The van der Waals surface area contributed by atoms with Crippen molar-refractivity contribution < 1.29 is 0 Å². The van der Waals surface area contributed by atoms with Gasteiger partial charge in [0, 0.05) is 26.2 Å². The van der Waals surface area contributed by atoms with Gasteiger partial charge in [0.15, 0.2) is 0 Å². The third-order valence-electron chi connectivity index (χ3n) is 3.01. The minimum atomic E-state index is -0.00637. The SMILES string of the molecule is CCc1ccc(CC(NN)c2ccc(Cl)cc2Cl)s1. The zero-order valence-corrected chi connectivity index (χ0v) is 12.9. The Morgan fingerprint density at radius 1 is 1.21 bits per heavy atom. The van der Waals surface area contributed by atoms with E-state index < -0.39 is 0 Å². The van der Waals surface area contributed by atoms with Crippen LogP contribution in [-0.2, 0) is 12.8 Å². The molecule has 0 radical (unpaired) electrons. The van der Waals surface area contributed by atoms with Crippen LogP contribution >= 0.6 is 34.5 Å². The van der Waals surface area contributed by atoms with Gasteiger partial charge in [-0.2, -0.15) is 0 Å². The molecule has 0 aliphatic heterocycles. The van der Waals surface area contributed by atoms with Gasteiger partial charge >= 0.3 is 0 Å². The summed E-state index contributed by atoms with van der Waals surface area (Å²) in [5, 5.41) is 1.27. The zero-order chi connectivity index (χ0) is 13.8. The van der Waals surface area contributed by atoms with E-state index >= 15 is 0 Å². The van der Waals surface area contributed by atoms with Crippen molar-refractivity contribution >= 4 is 34.5 Å². The van der Waals surface area contributed by atoms with Crippen LogP contribution in [0.25, 0.3) is 0 Å². The highest BCUT2D eigenvalue weighted by Crippen LogP contribution is 2.29. The predicted molar refractivity (Wildman–Crippen MR) is 83.9 cm³/mol. The summed E-state index contributed by atoms with van der Waals surface area (Å²) in [7, 11) is 0. The number of nitrogens with one attached hydrogen (secondary N) is 1. The molecule has 1 aromatic heterocycles. The fourth-order valence-electron chi connectivity index (χ4n) is 1.97. The second kappa shape index (κ2) is 6.73. The molecule has 0 bridgehead atoms. The smallest absolute Gasteiger partial charge is 0.0522 e. The van der Waals surface area contributed by atoms with Crippen LogP contribution in [0.4, 0.5) is 0 Å². The Kier molecular flexibility index (Phi) is 5.25. The number of hydrogen-bond acceptors (Lipinski definition) is 3. The summed E-state index contributed by atoms with van der Waals surface area (Å²) in [6, 6.07) is 9.81. The highest BCUT2D eigenvalue weighted by atomic mass is 35.5. The molecule has 0 fully saturated rings. The Morgan fingerprint density at radius 2 is 1.95 bits per heavy atom. The van der Waals surface area contributed by atoms with Crippen molar-refractivity contribution in [3.05, 3.63) is 55.7 Å². The highest BCUT2D eigenvalue weighted by molar-refractivity contribution is 7.11. The molecule has 2 aromatic rings. The quantitative estimate of drug-likeness (QED) is 0.635. The van der Waals surface area contributed by atoms with Crippen LogP contribution in [0.1, 0.15) is 28.3 Å². The van der Waals surface area contributed by atoms with Crippen molar-refractivity contribution in [2.75, 3.05) is 0 Å². The maximum absolute atomic E-state index is 6.23. The van der Waals surface area contributed by atoms with Crippen molar-refractivity contribution in [1.82, 2.24) is 5.43 Å². The second-order valence-electron chi connectivity index (χ2n) is 4.31. The summed E-state index contributed by atoms with van der Waals surface area (Å²) in [6.45, 7) is 2.16. The lowest BCUT2D eigenvalue weighted by Crippen LogP contribution is -2.29. The van der Waals surface area contributed by atoms with Gasteiger partial charge in [-0.1, -0.05) is 36.2 Å². The summed E-state index contributed by atoms with van der Waals surface area (Å²) in [6.07, 6.45) is 1.88. The molecule has 0 saturated carbocycles. The summed E-state index contributed by atoms with van der Waals surface area (Å²) < 4.78 is 0. The maximum atomic E-state index is 6.23. The zero-order valence-electron chi connectivity index (χ0n) is 10.6. The second-order valence-corrected chi connectivity index (χ2v) is 6.41. The Bertz CT molecular complexity index is 554. The normalized spacial score (nSPS) is 12.6. The number of thiophene rings is 1. The average Bonchev–Trinajstić information content (AvgIpc) is 2.84. The number of benzene rings is 1. The first kappa shape index (κ1) is 14.8. The Balaban J connectivity index is 2.19. The van der Waals surface area contributed by atoms with E-state index in [0.717, 1.165) is 18.4 Å². The summed E-state index contributed by atoms with van der Waals surface area (Å²) in [5.74, 6) is 5.66. The summed E-state index contributed by atoms with van der Waals surface area (Å²) in [5.41, 5.74) is 3.81. The van der Waals surface area contributed by atoms with Crippen LogP contribution in [0.3, 0.4) is 0 Å². The van der Waals surface area contributed by atoms with Gasteiger partial charge in [-0.3, -0.25) is 11.3 Å². The molecule has 5 heteroatoms. The van der Waals surface area contributed by atoms with E-state index in [1.807, 2.05) is 23.5 Å². The van der Waals surface area contributed by atoms with E-state index in [1.54, 1.807) is 6.07 Å². The molecule has 0 aliphatic rings. The molecule has 0 spiro atoms. The van der Waals surface area contributed by atoms with E-state index in [2.05, 4.69) is 24.5 Å². The topological polar surface area (TPSA) is 38.0 Å². The average molecular weight is 315 g/mol. The number of rotatable bonds is 5. The van der Waals surface area contributed by atoms with E-state index in [0.29, 0.717) is 10.0 Å². The lowest BCUT2D eigenvalue weighted by molar-refractivity contribution is 0.556. The van der Waals surface area contributed by atoms with Crippen molar-refractivity contribution in [2.45, 2.75) is 25.8 Å². The minimum Gasteiger partial charge on any atom is -0.271 e. The van der Waals surface area contributed by atoms with Crippen molar-refractivity contribution in [3.8, 4) is 0 Å². The first-order valence-corrected chi connectivity index (χ1v) is 7.70. The lowest BCUT2D eigenvalue weighted by atomic mass is 10.0. The fraction of sp³-hybridized carbons (Fsp3) is 0.286. The van der Waals surface area contributed by atoms with E-state index in [9.17, 15) is 0 Å². The van der Waals surface area contributed by atoms with E-state index in [4.69, 9.17) is 29.0 Å². The number of hydrazine groups is 1. The molecule has 1 unspecified atom stereocenters. The van der Waals surface area contributed by atoms with Gasteiger partial charge in [0.25, 0.3) is 0 Å². The van der Waals surface area contributed by atoms with Gasteiger partial charge in [0.2, 0.25) is 0 Å². The molecule has 3 N–H and O–H groups in total. The van der Waals surface area contributed by atoms with Crippen LogP contribution < -0.4 is 11.3 Å². The molecule has 1 heterocycles. The standard InChI is InChI=1S/C14H16Cl2N2S/c1-2-10-4-5-11(19-10)8-14(18-17)12-6-3-9(15)7-13(12)16/h3-7,14,18H,2,8,17H2,1H3. The molecule has 0 amide bonds. The molecule has 102 valence electrons. The first-order valence-electron chi connectivity index (χ1n) is 6.12. The molecule has 2 nitrogen and oxygen atoms in total. The summed E-state index contributed by atoms with van der Waals surface area (Å²) >= 11 is 14.0. The largest absolute Gasteiger partial charge is 0.271 e. The van der Waals surface area contributed by atoms with Crippen molar-refractivity contribution in [2.24, 2.45) is 5.84 Å². The molecule has 1 atom stereocenters. The molecule has 0 aliphatic carbocycles. The van der Waals surface area contributed by atoms with Gasteiger partial charge in [0.1, 0.15) is 0 Å². The molecule has 19 heavy (non-hydrogen) atoms. The monoisotopic (exact) mass is 314 g/mol. The number of hydrogen-bond donors (Lipinski definition) is 2. The Labute approximate surface area is 127 Å². The fourth-order valence-corrected chi connectivity index (χ4v) is 3.51. The number of halogens is 2. The number of aryl methyl sites for hydroxylation is 1. The molecular formula is C14H16Cl2N2S. The van der Waals surface area contributed by atoms with E-state index in [1.165, 1.54) is 9.75 Å². The van der Waals surface area contributed by atoms with Crippen molar-refractivity contribution in [1.29, 1.82) is 0 Å². The minimum absolute atomic E-state index is 0.00637. The predicted octanol–water partition coefficient (Wildman–Crippen LogP) is 4.36. The highest BCUT2D eigenvalue weighted by Gasteiger charge is 2.15.